The van der Waals surface area contributed by atoms with E-state index in [1.807, 2.05) is 0 Å². The van der Waals surface area contributed by atoms with Crippen molar-refractivity contribution in [2.24, 2.45) is 0 Å². The number of ether oxygens (including phenoxy) is 1. The molecule has 3 nitrogen and oxygen atoms in total. The zero-order chi connectivity index (χ0) is 10.7. The van der Waals surface area contributed by atoms with Gasteiger partial charge in [0.2, 0.25) is 0 Å². The van der Waals surface area contributed by atoms with Crippen LogP contribution in [-0.4, -0.2) is 49.8 Å². The molecule has 2 fully saturated rings. The van der Waals surface area contributed by atoms with E-state index in [0.717, 1.165) is 18.7 Å². The summed E-state index contributed by atoms with van der Waals surface area (Å²) in [6.07, 6.45) is 5.54. The lowest BCUT2D eigenvalue weighted by atomic mass is 9.98. The molecule has 3 atom stereocenters. The van der Waals surface area contributed by atoms with Crippen LogP contribution in [0.2, 0.25) is 0 Å². The first kappa shape index (κ1) is 11.4. The molecule has 15 heavy (non-hydrogen) atoms. The maximum absolute atomic E-state index is 5.60. The summed E-state index contributed by atoms with van der Waals surface area (Å²) in [5.74, 6) is 0. The van der Waals surface area contributed by atoms with Gasteiger partial charge in [-0.05, 0) is 46.2 Å². The Balaban J connectivity index is 1.85. The zero-order valence-electron chi connectivity index (χ0n) is 10.0. The molecule has 0 bridgehead atoms. The number of likely N-dealkylation sites (N-methyl/N-ethyl adjacent to an activating group) is 1. The Morgan fingerprint density at radius 3 is 2.80 bits per heavy atom. The van der Waals surface area contributed by atoms with E-state index in [1.165, 1.54) is 38.8 Å². The quantitative estimate of drug-likeness (QED) is 0.745. The summed E-state index contributed by atoms with van der Waals surface area (Å²) in [6.45, 7) is 5.51. The van der Waals surface area contributed by atoms with E-state index in [0.29, 0.717) is 6.10 Å². The number of piperidine rings is 1. The second kappa shape index (κ2) is 5.28. The molecular weight excluding hydrogens is 188 g/mol. The second-order valence-electron chi connectivity index (χ2n) is 5.03. The lowest BCUT2D eigenvalue weighted by Gasteiger charge is -2.40. The Hall–Kier alpha value is -0.120. The van der Waals surface area contributed by atoms with Crippen LogP contribution in [0.5, 0.6) is 0 Å². The molecule has 1 N–H and O–H groups in total. The van der Waals surface area contributed by atoms with E-state index in [1.54, 1.807) is 0 Å². The van der Waals surface area contributed by atoms with Gasteiger partial charge in [0.25, 0.3) is 0 Å². The van der Waals surface area contributed by atoms with Gasteiger partial charge in [-0.1, -0.05) is 0 Å². The third kappa shape index (κ3) is 2.92. The van der Waals surface area contributed by atoms with Gasteiger partial charge in [0.15, 0.2) is 0 Å². The highest BCUT2D eigenvalue weighted by atomic mass is 16.5. The molecule has 3 heteroatoms. The van der Waals surface area contributed by atoms with Gasteiger partial charge in [-0.15, -0.1) is 0 Å². The molecule has 0 aromatic carbocycles. The Labute approximate surface area is 93.2 Å². The zero-order valence-corrected chi connectivity index (χ0v) is 10.0. The number of nitrogens with one attached hydrogen (secondary N) is 1. The Morgan fingerprint density at radius 2 is 2.13 bits per heavy atom. The van der Waals surface area contributed by atoms with Gasteiger partial charge in [0.05, 0.1) is 6.10 Å². The van der Waals surface area contributed by atoms with Crippen molar-refractivity contribution in [1.29, 1.82) is 0 Å². The average Bonchev–Trinajstić information content (AvgIpc) is 2.29. The monoisotopic (exact) mass is 212 g/mol. The van der Waals surface area contributed by atoms with Crippen molar-refractivity contribution in [3.8, 4) is 0 Å². The van der Waals surface area contributed by atoms with E-state index in [9.17, 15) is 0 Å². The predicted octanol–water partition coefficient (Wildman–Crippen LogP) is 1.24. The molecule has 2 saturated heterocycles. The molecule has 0 radical (unpaired) electrons. The fourth-order valence-electron chi connectivity index (χ4n) is 2.82. The predicted molar refractivity (Wildman–Crippen MR) is 62.1 cm³/mol. The lowest BCUT2D eigenvalue weighted by molar-refractivity contribution is -0.0228. The minimum atomic E-state index is 0.447. The van der Waals surface area contributed by atoms with Crippen molar-refractivity contribution in [2.75, 3.05) is 26.7 Å². The van der Waals surface area contributed by atoms with Gasteiger partial charge in [-0.25, -0.2) is 0 Å². The van der Waals surface area contributed by atoms with E-state index in [-0.39, 0.29) is 0 Å². The summed E-state index contributed by atoms with van der Waals surface area (Å²) in [4.78, 5) is 2.59. The minimum Gasteiger partial charge on any atom is -0.378 e. The number of rotatable bonds is 2. The molecular formula is C12H24N2O. The molecule has 2 aliphatic heterocycles. The summed E-state index contributed by atoms with van der Waals surface area (Å²) in [6, 6.07) is 1.48. The topological polar surface area (TPSA) is 24.5 Å². The average molecular weight is 212 g/mol. The van der Waals surface area contributed by atoms with Crippen LogP contribution in [0, 0.1) is 0 Å². The van der Waals surface area contributed by atoms with Gasteiger partial charge < -0.3 is 10.1 Å². The largest absolute Gasteiger partial charge is 0.378 e. The summed E-state index contributed by atoms with van der Waals surface area (Å²) in [7, 11) is 2.29. The molecule has 3 unspecified atom stereocenters. The Bertz CT molecular complexity index is 192. The van der Waals surface area contributed by atoms with Crippen LogP contribution < -0.4 is 5.32 Å². The van der Waals surface area contributed by atoms with E-state index in [4.69, 9.17) is 4.74 Å². The maximum atomic E-state index is 5.60. The molecule has 0 saturated carbocycles. The van der Waals surface area contributed by atoms with Gasteiger partial charge in [-0.2, -0.15) is 0 Å². The Morgan fingerprint density at radius 1 is 1.27 bits per heavy atom. The molecule has 2 heterocycles. The van der Waals surface area contributed by atoms with Crippen LogP contribution in [0.3, 0.4) is 0 Å². The summed E-state index contributed by atoms with van der Waals surface area (Å²) in [5, 5.41) is 3.49. The SMILES string of the molecule is CC1CC(N(C)C2CCCNC2)CCO1. The van der Waals surface area contributed by atoms with Gasteiger partial charge >= 0.3 is 0 Å². The first-order chi connectivity index (χ1) is 7.27. The first-order valence-electron chi connectivity index (χ1n) is 6.31. The first-order valence-corrected chi connectivity index (χ1v) is 6.31. The van der Waals surface area contributed by atoms with Gasteiger partial charge in [0.1, 0.15) is 0 Å². The molecule has 2 aliphatic rings. The molecule has 2 rings (SSSR count). The fourth-order valence-corrected chi connectivity index (χ4v) is 2.82. The molecule has 0 amide bonds. The van der Waals surface area contributed by atoms with E-state index in [2.05, 4.69) is 24.2 Å². The minimum absolute atomic E-state index is 0.447. The van der Waals surface area contributed by atoms with Crippen LogP contribution in [0.4, 0.5) is 0 Å². The molecule has 0 aromatic heterocycles. The van der Waals surface area contributed by atoms with Crippen molar-refractivity contribution < 1.29 is 4.74 Å². The van der Waals surface area contributed by atoms with Crippen molar-refractivity contribution >= 4 is 0 Å². The highest BCUT2D eigenvalue weighted by Gasteiger charge is 2.28. The van der Waals surface area contributed by atoms with Gasteiger partial charge in [0, 0.05) is 25.2 Å². The standard InChI is InChI=1S/C12H24N2O/c1-10-8-11(5-7-15-10)14(2)12-4-3-6-13-9-12/h10-13H,3-9H2,1-2H3. The van der Waals surface area contributed by atoms with Crippen LogP contribution in [0.1, 0.15) is 32.6 Å². The van der Waals surface area contributed by atoms with Crippen molar-refractivity contribution in [1.82, 2.24) is 10.2 Å². The Kier molecular flexibility index (Phi) is 4.00. The highest BCUT2D eigenvalue weighted by Crippen LogP contribution is 2.21. The fraction of sp³-hybridized carbons (Fsp3) is 1.00. The maximum Gasteiger partial charge on any atom is 0.0561 e. The normalized spacial score (nSPS) is 38.2. The van der Waals surface area contributed by atoms with Gasteiger partial charge in [-0.3, -0.25) is 4.90 Å². The summed E-state index contributed by atoms with van der Waals surface area (Å²) < 4.78 is 5.60. The van der Waals surface area contributed by atoms with Crippen LogP contribution in [0.25, 0.3) is 0 Å². The third-order valence-corrected chi connectivity index (χ3v) is 3.88. The summed E-state index contributed by atoms with van der Waals surface area (Å²) in [5.41, 5.74) is 0. The van der Waals surface area contributed by atoms with Crippen molar-refractivity contribution in [3.05, 3.63) is 0 Å². The molecule has 88 valence electrons. The molecule has 0 aromatic rings. The van der Waals surface area contributed by atoms with E-state index < -0.39 is 0 Å². The lowest BCUT2D eigenvalue weighted by Crippen LogP contribution is -2.50. The van der Waals surface area contributed by atoms with Crippen molar-refractivity contribution in [3.63, 3.8) is 0 Å². The number of hydrogen-bond donors (Lipinski definition) is 1. The van der Waals surface area contributed by atoms with Crippen LogP contribution >= 0.6 is 0 Å². The second-order valence-corrected chi connectivity index (χ2v) is 5.03. The molecule has 0 aliphatic carbocycles. The number of nitrogens with zero attached hydrogens (tertiary/aromatic N) is 1. The number of hydrogen-bond acceptors (Lipinski definition) is 3. The van der Waals surface area contributed by atoms with Crippen LogP contribution in [-0.2, 0) is 4.74 Å². The smallest absolute Gasteiger partial charge is 0.0561 e. The van der Waals surface area contributed by atoms with E-state index >= 15 is 0 Å². The summed E-state index contributed by atoms with van der Waals surface area (Å²) >= 11 is 0. The van der Waals surface area contributed by atoms with Crippen molar-refractivity contribution in [2.45, 2.75) is 50.8 Å². The molecule has 0 spiro atoms. The highest BCUT2D eigenvalue weighted by molar-refractivity contribution is 4.84. The van der Waals surface area contributed by atoms with Crippen LogP contribution in [0.15, 0.2) is 0 Å². The third-order valence-electron chi connectivity index (χ3n) is 3.88.